The van der Waals surface area contributed by atoms with Crippen LogP contribution in [0.3, 0.4) is 0 Å². The molecule has 1 rings (SSSR count). The highest BCUT2D eigenvalue weighted by Crippen LogP contribution is 2.41. The van der Waals surface area contributed by atoms with Gasteiger partial charge in [-0.05, 0) is 20.3 Å². The topological polar surface area (TPSA) is 212 Å². The molecule has 0 aliphatic heterocycles. The van der Waals surface area contributed by atoms with Crippen LogP contribution in [0.1, 0.15) is 26.7 Å². The van der Waals surface area contributed by atoms with Gasteiger partial charge in [-0.15, -0.1) is 0 Å². The summed E-state index contributed by atoms with van der Waals surface area (Å²) in [6.45, 7) is 2.36. The van der Waals surface area contributed by atoms with Gasteiger partial charge in [0, 0.05) is 12.5 Å². The number of hydrogen-bond donors (Lipinski definition) is 6. The standard InChI is InChI=1S/C22H35N5O8/c1-14(25-17(30)12-35-10-9-34-3)18(31)26-15(2)19(32)27-22(20(24)33,11-16(23)29)21(13-28)7-5-4-6-8-21/h4-7,14-15,28H,8-13H2,1-3H3,(H2,23,29)(H2,24,33)(H,25,30)(H,26,31)(H,27,32)/t14-,15?,21?,22+/m1/s1. The summed E-state index contributed by atoms with van der Waals surface area (Å²) in [6, 6.07) is -2.21. The number of nitrogens with two attached hydrogens (primary N) is 2. The molecule has 2 unspecified atom stereocenters. The molecule has 0 fully saturated rings. The minimum atomic E-state index is -2.07. The molecule has 0 bridgehead atoms. The van der Waals surface area contributed by atoms with E-state index >= 15 is 0 Å². The van der Waals surface area contributed by atoms with E-state index in [9.17, 15) is 29.1 Å². The van der Waals surface area contributed by atoms with Gasteiger partial charge in [-0.3, -0.25) is 24.0 Å². The Morgan fingerprint density at radius 1 is 1.06 bits per heavy atom. The van der Waals surface area contributed by atoms with Crippen LogP contribution in [-0.4, -0.2) is 85.8 Å². The van der Waals surface area contributed by atoms with Crippen molar-refractivity contribution >= 4 is 29.5 Å². The van der Waals surface area contributed by atoms with Crippen molar-refractivity contribution in [2.24, 2.45) is 16.9 Å². The van der Waals surface area contributed by atoms with E-state index in [1.165, 1.54) is 27.0 Å². The second kappa shape index (κ2) is 13.6. The van der Waals surface area contributed by atoms with Crippen LogP contribution in [0.15, 0.2) is 24.3 Å². The van der Waals surface area contributed by atoms with Gasteiger partial charge in [0.05, 0.1) is 26.2 Å². The van der Waals surface area contributed by atoms with Gasteiger partial charge in [0.15, 0.2) is 0 Å². The molecular formula is C22H35N5O8. The van der Waals surface area contributed by atoms with Crippen molar-refractivity contribution in [1.29, 1.82) is 0 Å². The average molecular weight is 498 g/mol. The number of methoxy groups -OCH3 is 1. The summed E-state index contributed by atoms with van der Waals surface area (Å²) in [5.74, 6) is -4.09. The fraction of sp³-hybridized carbons (Fsp3) is 0.591. The molecule has 5 amide bonds. The highest BCUT2D eigenvalue weighted by Gasteiger charge is 2.56. The number of ether oxygens (including phenoxy) is 2. The lowest BCUT2D eigenvalue weighted by Gasteiger charge is -2.46. The minimum absolute atomic E-state index is 0.0900. The molecule has 1 aliphatic carbocycles. The fourth-order valence-corrected chi connectivity index (χ4v) is 3.61. The van der Waals surface area contributed by atoms with E-state index in [2.05, 4.69) is 16.0 Å². The zero-order valence-electron chi connectivity index (χ0n) is 20.2. The molecule has 0 radical (unpaired) electrons. The molecule has 35 heavy (non-hydrogen) atoms. The Bertz CT molecular complexity index is 861. The number of aliphatic hydroxyl groups is 1. The molecule has 0 aromatic heterocycles. The second-order valence-corrected chi connectivity index (χ2v) is 8.27. The summed E-state index contributed by atoms with van der Waals surface area (Å²) in [5, 5.41) is 17.5. The molecule has 0 heterocycles. The van der Waals surface area contributed by atoms with Crippen LogP contribution in [0.4, 0.5) is 0 Å². The van der Waals surface area contributed by atoms with Gasteiger partial charge in [-0.25, -0.2) is 0 Å². The van der Waals surface area contributed by atoms with Crippen LogP contribution in [0, 0.1) is 5.41 Å². The van der Waals surface area contributed by atoms with Crippen LogP contribution in [0.25, 0.3) is 0 Å². The zero-order chi connectivity index (χ0) is 26.6. The molecule has 0 aromatic rings. The first-order chi connectivity index (χ1) is 16.4. The highest BCUT2D eigenvalue weighted by atomic mass is 16.5. The molecule has 4 atom stereocenters. The maximum atomic E-state index is 13.0. The van der Waals surface area contributed by atoms with Gasteiger partial charge in [0.2, 0.25) is 29.5 Å². The first-order valence-electron chi connectivity index (χ1n) is 11.0. The first-order valence-corrected chi connectivity index (χ1v) is 11.0. The number of primary amides is 2. The molecular weight excluding hydrogens is 462 g/mol. The monoisotopic (exact) mass is 497 g/mol. The normalized spacial score (nSPS) is 20.2. The van der Waals surface area contributed by atoms with Crippen LogP contribution in [0.2, 0.25) is 0 Å². The van der Waals surface area contributed by atoms with E-state index < -0.39 is 65.6 Å². The number of carbonyl (C=O) groups is 5. The van der Waals surface area contributed by atoms with E-state index in [4.69, 9.17) is 20.9 Å². The Morgan fingerprint density at radius 2 is 1.71 bits per heavy atom. The van der Waals surface area contributed by atoms with E-state index in [0.717, 1.165) is 0 Å². The SMILES string of the molecule is COCCOCC(=O)N[C@H](C)C(=O)NC(C)C(=O)N[C@@](CC(N)=O)(C(N)=O)C1(CO)C=CC=CC1. The number of nitrogens with one attached hydrogen (secondary N) is 3. The molecule has 13 nitrogen and oxygen atoms in total. The quantitative estimate of drug-likeness (QED) is 0.131. The summed E-state index contributed by atoms with van der Waals surface area (Å²) < 4.78 is 9.87. The Morgan fingerprint density at radius 3 is 2.23 bits per heavy atom. The molecule has 0 aromatic carbocycles. The van der Waals surface area contributed by atoms with Gasteiger partial charge in [0.25, 0.3) is 0 Å². The van der Waals surface area contributed by atoms with E-state index in [0.29, 0.717) is 6.61 Å². The van der Waals surface area contributed by atoms with Crippen molar-refractivity contribution < 1.29 is 38.6 Å². The highest BCUT2D eigenvalue weighted by molar-refractivity contribution is 5.98. The average Bonchev–Trinajstić information content (AvgIpc) is 2.81. The molecule has 1 aliphatic rings. The predicted molar refractivity (Wildman–Crippen MR) is 124 cm³/mol. The third kappa shape index (κ3) is 7.87. The molecule has 0 saturated carbocycles. The lowest BCUT2D eigenvalue weighted by Crippen LogP contribution is -2.70. The summed E-state index contributed by atoms with van der Waals surface area (Å²) in [6.07, 6.45) is 5.77. The lowest BCUT2D eigenvalue weighted by molar-refractivity contribution is -0.142. The van der Waals surface area contributed by atoms with Crippen molar-refractivity contribution in [3.8, 4) is 0 Å². The predicted octanol–water partition coefficient (Wildman–Crippen LogP) is -2.63. The van der Waals surface area contributed by atoms with Crippen molar-refractivity contribution in [1.82, 2.24) is 16.0 Å². The molecule has 0 spiro atoms. The Labute approximate surface area is 203 Å². The Kier molecular flexibility index (Phi) is 11.5. The maximum Gasteiger partial charge on any atom is 0.246 e. The van der Waals surface area contributed by atoms with Gasteiger partial charge in [-0.1, -0.05) is 24.3 Å². The van der Waals surface area contributed by atoms with Crippen molar-refractivity contribution in [3.63, 3.8) is 0 Å². The van der Waals surface area contributed by atoms with Crippen LogP contribution in [0.5, 0.6) is 0 Å². The summed E-state index contributed by atoms with van der Waals surface area (Å²) in [7, 11) is 1.49. The number of allylic oxidation sites excluding steroid dienone is 3. The number of aliphatic hydroxyl groups excluding tert-OH is 1. The summed E-state index contributed by atoms with van der Waals surface area (Å²) in [5.41, 5.74) is 7.49. The summed E-state index contributed by atoms with van der Waals surface area (Å²) in [4.78, 5) is 61.9. The van der Waals surface area contributed by atoms with E-state index in [1.54, 1.807) is 18.2 Å². The van der Waals surface area contributed by atoms with Gasteiger partial charge in [0.1, 0.15) is 24.2 Å². The smallest absolute Gasteiger partial charge is 0.246 e. The second-order valence-electron chi connectivity index (χ2n) is 8.27. The largest absolute Gasteiger partial charge is 0.395 e. The van der Waals surface area contributed by atoms with Crippen molar-refractivity contribution in [3.05, 3.63) is 24.3 Å². The van der Waals surface area contributed by atoms with E-state index in [1.807, 2.05) is 0 Å². The van der Waals surface area contributed by atoms with Gasteiger partial charge < -0.3 is 42.0 Å². The number of hydrogen-bond acceptors (Lipinski definition) is 8. The van der Waals surface area contributed by atoms with Gasteiger partial charge >= 0.3 is 0 Å². The molecule has 13 heteroatoms. The maximum absolute atomic E-state index is 13.0. The van der Waals surface area contributed by atoms with Crippen LogP contribution < -0.4 is 27.4 Å². The Hall–Kier alpha value is -3.29. The lowest BCUT2D eigenvalue weighted by atomic mass is 9.63. The van der Waals surface area contributed by atoms with Crippen molar-refractivity contribution in [2.45, 2.75) is 44.3 Å². The number of carbonyl (C=O) groups excluding carboxylic acids is 5. The minimum Gasteiger partial charge on any atom is -0.395 e. The summed E-state index contributed by atoms with van der Waals surface area (Å²) >= 11 is 0. The molecule has 8 N–H and O–H groups in total. The molecule has 196 valence electrons. The fourth-order valence-electron chi connectivity index (χ4n) is 3.61. The number of rotatable bonds is 15. The third-order valence-electron chi connectivity index (χ3n) is 5.66. The number of amides is 5. The van der Waals surface area contributed by atoms with E-state index in [-0.39, 0.29) is 19.6 Å². The Balaban J connectivity index is 2.94. The van der Waals surface area contributed by atoms with Crippen LogP contribution >= 0.6 is 0 Å². The van der Waals surface area contributed by atoms with Crippen LogP contribution in [-0.2, 0) is 33.4 Å². The zero-order valence-corrected chi connectivity index (χ0v) is 20.2. The van der Waals surface area contributed by atoms with Gasteiger partial charge in [-0.2, -0.15) is 0 Å². The first kappa shape index (κ1) is 29.7. The van der Waals surface area contributed by atoms with Crippen molar-refractivity contribution in [2.75, 3.05) is 33.5 Å². The molecule has 0 saturated heterocycles. The third-order valence-corrected chi connectivity index (χ3v) is 5.66.